The van der Waals surface area contributed by atoms with Gasteiger partial charge in [-0.15, -0.1) is 0 Å². The number of rotatable bonds is 6. The zero-order valence-corrected chi connectivity index (χ0v) is 14.3. The van der Waals surface area contributed by atoms with Crippen LogP contribution < -0.4 is 5.32 Å². The number of hydrogen-bond donors (Lipinski definition) is 2. The number of hydrogen-bond acceptors (Lipinski definition) is 3. The number of carbonyl (C=O) groups is 2. The summed E-state index contributed by atoms with van der Waals surface area (Å²) in [5.74, 6) is -2.76. The average Bonchev–Trinajstić information content (AvgIpc) is 2.56. The summed E-state index contributed by atoms with van der Waals surface area (Å²) in [4.78, 5) is 23.2. The van der Waals surface area contributed by atoms with Crippen molar-refractivity contribution in [2.45, 2.75) is 19.9 Å². The van der Waals surface area contributed by atoms with Gasteiger partial charge in [0.15, 0.2) is 6.04 Å². The molecular weight excluding hydrogens is 325 g/mol. The molecule has 0 aliphatic heterocycles. The van der Waals surface area contributed by atoms with Crippen molar-refractivity contribution in [3.63, 3.8) is 0 Å². The van der Waals surface area contributed by atoms with E-state index in [1.807, 2.05) is 32.0 Å². The summed E-state index contributed by atoms with van der Waals surface area (Å²) in [6.45, 7) is 3.76. The summed E-state index contributed by atoms with van der Waals surface area (Å²) >= 11 is 0. The smallest absolute Gasteiger partial charge is 0.328 e. The molecule has 2 rings (SSSR count). The molecule has 0 aliphatic carbocycles. The van der Waals surface area contributed by atoms with Crippen LogP contribution in [0.4, 0.5) is 4.39 Å². The van der Waals surface area contributed by atoms with E-state index in [1.54, 1.807) is 6.07 Å². The lowest BCUT2D eigenvalue weighted by atomic mass is 9.99. The molecule has 2 aromatic carbocycles. The number of benzene rings is 2. The van der Waals surface area contributed by atoms with Gasteiger partial charge >= 0.3 is 5.97 Å². The number of aryl methyl sites for hydroxylation is 2. The van der Waals surface area contributed by atoms with E-state index < -0.39 is 23.7 Å². The van der Waals surface area contributed by atoms with Gasteiger partial charge in [-0.3, -0.25) is 4.79 Å². The first-order valence-corrected chi connectivity index (χ1v) is 7.73. The van der Waals surface area contributed by atoms with Crippen LogP contribution in [0.15, 0.2) is 36.4 Å². The molecule has 0 saturated carbocycles. The molecule has 6 heteroatoms. The molecule has 0 aliphatic rings. The van der Waals surface area contributed by atoms with Crippen molar-refractivity contribution >= 4 is 11.9 Å². The Morgan fingerprint density at radius 3 is 2.32 bits per heavy atom. The SMILES string of the molecule is COCC(NC(=O)c1ccc(-c2ccc(C)c(C)c2)cc1F)C(=O)O. The summed E-state index contributed by atoms with van der Waals surface area (Å²) < 4.78 is 19.1. The molecule has 0 saturated heterocycles. The second-order valence-electron chi connectivity index (χ2n) is 5.81. The largest absolute Gasteiger partial charge is 0.480 e. The van der Waals surface area contributed by atoms with Gasteiger partial charge in [-0.05, 0) is 48.2 Å². The van der Waals surface area contributed by atoms with Crippen molar-refractivity contribution < 1.29 is 23.8 Å². The molecule has 0 heterocycles. The Labute approximate surface area is 145 Å². The Bertz CT molecular complexity index is 804. The van der Waals surface area contributed by atoms with Gasteiger partial charge in [-0.2, -0.15) is 0 Å². The molecule has 2 N–H and O–H groups in total. The lowest BCUT2D eigenvalue weighted by Gasteiger charge is -2.14. The third-order valence-electron chi connectivity index (χ3n) is 3.99. The highest BCUT2D eigenvalue weighted by Crippen LogP contribution is 2.24. The van der Waals surface area contributed by atoms with Gasteiger partial charge in [0.05, 0.1) is 12.2 Å². The Morgan fingerprint density at radius 1 is 1.12 bits per heavy atom. The van der Waals surface area contributed by atoms with Crippen LogP contribution in [0.1, 0.15) is 21.5 Å². The summed E-state index contributed by atoms with van der Waals surface area (Å²) in [5.41, 5.74) is 3.50. The van der Waals surface area contributed by atoms with Crippen LogP contribution in [-0.4, -0.2) is 36.7 Å². The first-order valence-electron chi connectivity index (χ1n) is 7.73. The molecule has 1 atom stereocenters. The second-order valence-corrected chi connectivity index (χ2v) is 5.81. The van der Waals surface area contributed by atoms with Gasteiger partial charge in [-0.25, -0.2) is 9.18 Å². The fraction of sp³-hybridized carbons (Fsp3) is 0.263. The van der Waals surface area contributed by atoms with E-state index in [4.69, 9.17) is 9.84 Å². The number of carboxylic acids is 1. The van der Waals surface area contributed by atoms with Crippen LogP contribution in [0.3, 0.4) is 0 Å². The van der Waals surface area contributed by atoms with E-state index in [-0.39, 0.29) is 12.2 Å². The van der Waals surface area contributed by atoms with Crippen LogP contribution in [0.5, 0.6) is 0 Å². The summed E-state index contributed by atoms with van der Waals surface area (Å²) in [7, 11) is 1.32. The van der Waals surface area contributed by atoms with E-state index >= 15 is 0 Å². The molecule has 0 aromatic heterocycles. The number of carbonyl (C=O) groups excluding carboxylic acids is 1. The standard InChI is InChI=1S/C19H20FNO4/c1-11-4-5-13(8-12(11)2)14-6-7-15(16(20)9-14)18(22)21-17(10-25-3)19(23)24/h4-9,17H,10H2,1-3H3,(H,21,22)(H,23,24). The van der Waals surface area contributed by atoms with E-state index in [2.05, 4.69) is 5.32 Å². The minimum absolute atomic E-state index is 0.205. The molecule has 2 aromatic rings. The van der Waals surface area contributed by atoms with E-state index in [1.165, 1.54) is 19.2 Å². The molecule has 25 heavy (non-hydrogen) atoms. The van der Waals surface area contributed by atoms with Gasteiger partial charge in [0, 0.05) is 7.11 Å². The van der Waals surface area contributed by atoms with Crippen LogP contribution in [0.25, 0.3) is 11.1 Å². The van der Waals surface area contributed by atoms with E-state index in [0.29, 0.717) is 5.56 Å². The van der Waals surface area contributed by atoms with Crippen molar-refractivity contribution in [2.75, 3.05) is 13.7 Å². The Kier molecular flexibility index (Phi) is 5.88. The number of methoxy groups -OCH3 is 1. The topological polar surface area (TPSA) is 75.6 Å². The number of ether oxygens (including phenoxy) is 1. The molecule has 1 unspecified atom stereocenters. The van der Waals surface area contributed by atoms with Gasteiger partial charge < -0.3 is 15.2 Å². The predicted octanol–water partition coefficient (Wildman–Crippen LogP) is 2.94. The molecule has 1 amide bonds. The minimum atomic E-state index is -1.25. The molecule has 0 fully saturated rings. The van der Waals surface area contributed by atoms with Crippen LogP contribution in [0, 0.1) is 19.7 Å². The number of carboxylic acid groups (broad SMARTS) is 1. The third kappa shape index (κ3) is 4.42. The quantitative estimate of drug-likeness (QED) is 0.844. The lowest BCUT2D eigenvalue weighted by Crippen LogP contribution is -2.44. The molecule has 5 nitrogen and oxygen atoms in total. The maximum absolute atomic E-state index is 14.4. The zero-order chi connectivity index (χ0) is 18.6. The summed E-state index contributed by atoms with van der Waals surface area (Å²) in [5, 5.41) is 11.3. The second kappa shape index (κ2) is 7.90. The monoisotopic (exact) mass is 345 g/mol. The number of nitrogens with one attached hydrogen (secondary N) is 1. The fourth-order valence-corrected chi connectivity index (χ4v) is 2.38. The van der Waals surface area contributed by atoms with Gasteiger partial charge in [0.25, 0.3) is 5.91 Å². The molecule has 0 radical (unpaired) electrons. The first-order chi connectivity index (χ1) is 11.8. The van der Waals surface area contributed by atoms with Crippen molar-refractivity contribution in [2.24, 2.45) is 0 Å². The minimum Gasteiger partial charge on any atom is -0.480 e. The molecule has 132 valence electrons. The van der Waals surface area contributed by atoms with Crippen LogP contribution >= 0.6 is 0 Å². The predicted molar refractivity (Wildman–Crippen MR) is 92.1 cm³/mol. The average molecular weight is 345 g/mol. The molecule has 0 bridgehead atoms. The maximum Gasteiger partial charge on any atom is 0.328 e. The maximum atomic E-state index is 14.4. The van der Waals surface area contributed by atoms with Crippen molar-refractivity contribution in [1.82, 2.24) is 5.32 Å². The van der Waals surface area contributed by atoms with E-state index in [9.17, 15) is 14.0 Å². The number of halogens is 1. The van der Waals surface area contributed by atoms with Crippen molar-refractivity contribution in [1.29, 1.82) is 0 Å². The Hall–Kier alpha value is -2.73. The highest BCUT2D eigenvalue weighted by molar-refractivity contribution is 5.97. The Morgan fingerprint density at radius 2 is 1.76 bits per heavy atom. The summed E-state index contributed by atoms with van der Waals surface area (Å²) in [6, 6.07) is 8.79. The first kappa shape index (κ1) is 18.6. The van der Waals surface area contributed by atoms with Gasteiger partial charge in [-0.1, -0.05) is 24.3 Å². The molecule has 0 spiro atoms. The van der Waals surface area contributed by atoms with Gasteiger partial charge in [0.2, 0.25) is 0 Å². The highest BCUT2D eigenvalue weighted by atomic mass is 19.1. The third-order valence-corrected chi connectivity index (χ3v) is 3.99. The van der Waals surface area contributed by atoms with Crippen molar-refractivity contribution in [3.05, 3.63) is 58.9 Å². The highest BCUT2D eigenvalue weighted by Gasteiger charge is 2.22. The fourth-order valence-electron chi connectivity index (χ4n) is 2.38. The van der Waals surface area contributed by atoms with Gasteiger partial charge in [0.1, 0.15) is 5.82 Å². The number of aliphatic carboxylic acids is 1. The van der Waals surface area contributed by atoms with Crippen LogP contribution in [0.2, 0.25) is 0 Å². The van der Waals surface area contributed by atoms with Crippen LogP contribution in [-0.2, 0) is 9.53 Å². The molecular formula is C19H20FNO4. The Balaban J connectivity index is 2.25. The van der Waals surface area contributed by atoms with E-state index in [0.717, 1.165) is 16.7 Å². The number of amides is 1. The van der Waals surface area contributed by atoms with Crippen molar-refractivity contribution in [3.8, 4) is 11.1 Å². The lowest BCUT2D eigenvalue weighted by molar-refractivity contribution is -0.140. The summed E-state index contributed by atoms with van der Waals surface area (Å²) in [6.07, 6.45) is 0. The zero-order valence-electron chi connectivity index (χ0n) is 14.3. The normalized spacial score (nSPS) is 11.8.